The normalized spacial score (nSPS) is 10.5. The Bertz CT molecular complexity index is 1280. The number of aromatic nitrogens is 4. The summed E-state index contributed by atoms with van der Waals surface area (Å²) in [4.78, 5) is 25.4. The molecule has 0 aliphatic heterocycles. The molecule has 3 aromatic carbocycles. The van der Waals surface area contributed by atoms with E-state index in [9.17, 15) is 9.59 Å². The van der Waals surface area contributed by atoms with Gasteiger partial charge in [0, 0.05) is 6.54 Å². The lowest BCUT2D eigenvalue weighted by Crippen LogP contribution is -2.25. The van der Waals surface area contributed by atoms with Crippen LogP contribution >= 0.6 is 11.8 Å². The summed E-state index contributed by atoms with van der Waals surface area (Å²) in [5, 5.41) is 18.0. The monoisotopic (exact) mass is 488 g/mol. The topological polar surface area (TPSA) is 111 Å². The number of para-hydroxylation sites is 1. The largest absolute Gasteiger partial charge is 0.497 e. The van der Waals surface area contributed by atoms with Gasteiger partial charge in [-0.05, 0) is 45.8 Å². The van der Waals surface area contributed by atoms with Crippen molar-refractivity contribution in [3.8, 4) is 5.75 Å². The van der Waals surface area contributed by atoms with Gasteiger partial charge in [-0.3, -0.25) is 9.59 Å². The molecule has 0 unspecified atom stereocenters. The van der Waals surface area contributed by atoms with Crippen LogP contribution < -0.4 is 15.4 Å². The third-order valence-electron chi connectivity index (χ3n) is 5.06. The molecule has 10 heteroatoms. The average Bonchev–Trinajstić information content (AvgIpc) is 3.34. The zero-order valence-electron chi connectivity index (χ0n) is 19.0. The molecule has 0 fully saturated rings. The van der Waals surface area contributed by atoms with Crippen molar-refractivity contribution in [2.45, 2.75) is 18.2 Å². The van der Waals surface area contributed by atoms with E-state index in [2.05, 4.69) is 26.2 Å². The summed E-state index contributed by atoms with van der Waals surface area (Å²) in [7, 11) is 1.62. The fraction of sp³-hybridized carbons (Fsp3) is 0.160. The highest BCUT2D eigenvalue weighted by molar-refractivity contribution is 7.99. The summed E-state index contributed by atoms with van der Waals surface area (Å²) < 4.78 is 6.81. The zero-order valence-corrected chi connectivity index (χ0v) is 19.9. The van der Waals surface area contributed by atoms with Gasteiger partial charge in [-0.1, -0.05) is 66.4 Å². The molecule has 0 spiro atoms. The summed E-state index contributed by atoms with van der Waals surface area (Å²) >= 11 is 1.22. The number of carbonyl (C=O) groups is 2. The first-order valence-corrected chi connectivity index (χ1v) is 11.8. The van der Waals surface area contributed by atoms with Crippen molar-refractivity contribution in [2.75, 3.05) is 18.2 Å². The van der Waals surface area contributed by atoms with E-state index in [1.807, 2.05) is 54.6 Å². The molecule has 1 aromatic heterocycles. The van der Waals surface area contributed by atoms with E-state index in [1.165, 1.54) is 11.8 Å². The van der Waals surface area contributed by atoms with Gasteiger partial charge in [0.15, 0.2) is 0 Å². The second-order valence-electron chi connectivity index (χ2n) is 7.52. The Balaban J connectivity index is 1.33. The Labute approximate surface area is 206 Å². The molecule has 2 amide bonds. The number of nitrogens with one attached hydrogen (secondary N) is 2. The average molecular weight is 489 g/mol. The SMILES string of the molecule is COc1ccc(Cn2nnnc2SCC(=O)Nc2ccccc2C(=O)NCc2ccccc2)cc1. The summed E-state index contributed by atoms with van der Waals surface area (Å²) in [5.41, 5.74) is 2.83. The number of methoxy groups -OCH3 is 1. The second-order valence-corrected chi connectivity index (χ2v) is 8.46. The maximum atomic E-state index is 12.7. The van der Waals surface area contributed by atoms with Crippen LogP contribution in [0, 0.1) is 0 Å². The standard InChI is InChI=1S/C25H24N6O3S/c1-34-20-13-11-19(12-14-20)16-31-25(28-29-30-31)35-17-23(32)27-22-10-6-5-9-21(22)24(33)26-15-18-7-3-2-4-8-18/h2-14H,15-17H2,1H3,(H,26,33)(H,27,32). The van der Waals surface area contributed by atoms with Crippen LogP contribution in [0.2, 0.25) is 0 Å². The molecule has 0 atom stereocenters. The first-order valence-electron chi connectivity index (χ1n) is 10.9. The van der Waals surface area contributed by atoms with Crippen LogP contribution in [0.15, 0.2) is 84.0 Å². The molecule has 4 rings (SSSR count). The van der Waals surface area contributed by atoms with E-state index < -0.39 is 0 Å². The van der Waals surface area contributed by atoms with Crippen molar-refractivity contribution in [1.29, 1.82) is 0 Å². The van der Waals surface area contributed by atoms with Crippen molar-refractivity contribution < 1.29 is 14.3 Å². The third kappa shape index (κ3) is 6.67. The number of hydrogen-bond donors (Lipinski definition) is 2. The molecule has 1 heterocycles. The smallest absolute Gasteiger partial charge is 0.253 e. The van der Waals surface area contributed by atoms with Crippen LogP contribution in [0.25, 0.3) is 0 Å². The van der Waals surface area contributed by atoms with Gasteiger partial charge < -0.3 is 15.4 Å². The number of hydrogen-bond acceptors (Lipinski definition) is 7. The van der Waals surface area contributed by atoms with Crippen LogP contribution in [0.4, 0.5) is 5.69 Å². The van der Waals surface area contributed by atoms with E-state index in [0.717, 1.165) is 16.9 Å². The Morgan fingerprint density at radius 3 is 2.46 bits per heavy atom. The van der Waals surface area contributed by atoms with Gasteiger partial charge in [-0.15, -0.1) is 5.10 Å². The van der Waals surface area contributed by atoms with Gasteiger partial charge in [0.1, 0.15) is 5.75 Å². The molecule has 0 aliphatic carbocycles. The molecule has 35 heavy (non-hydrogen) atoms. The Morgan fingerprint density at radius 2 is 1.69 bits per heavy atom. The van der Waals surface area contributed by atoms with Crippen LogP contribution in [0.3, 0.4) is 0 Å². The minimum Gasteiger partial charge on any atom is -0.497 e. The van der Waals surface area contributed by atoms with E-state index in [-0.39, 0.29) is 17.6 Å². The minimum absolute atomic E-state index is 0.0863. The summed E-state index contributed by atoms with van der Waals surface area (Å²) in [6.07, 6.45) is 0. The Morgan fingerprint density at radius 1 is 0.943 bits per heavy atom. The molecular weight excluding hydrogens is 464 g/mol. The number of amides is 2. The lowest BCUT2D eigenvalue weighted by atomic mass is 10.1. The zero-order chi connectivity index (χ0) is 24.5. The van der Waals surface area contributed by atoms with Crippen LogP contribution in [-0.4, -0.2) is 44.9 Å². The molecule has 9 nitrogen and oxygen atoms in total. The Kier molecular flexibility index (Phi) is 8.08. The maximum Gasteiger partial charge on any atom is 0.253 e. The number of anilines is 1. The molecule has 2 N–H and O–H groups in total. The molecular formula is C25H24N6O3S. The van der Waals surface area contributed by atoms with Gasteiger partial charge >= 0.3 is 0 Å². The van der Waals surface area contributed by atoms with Crippen LogP contribution in [-0.2, 0) is 17.9 Å². The predicted octanol–water partition coefficient (Wildman–Crippen LogP) is 3.39. The fourth-order valence-electron chi connectivity index (χ4n) is 3.28. The molecule has 0 bridgehead atoms. The van der Waals surface area contributed by atoms with Gasteiger partial charge in [0.05, 0.1) is 30.7 Å². The third-order valence-corrected chi connectivity index (χ3v) is 6.02. The van der Waals surface area contributed by atoms with Crippen molar-refractivity contribution >= 4 is 29.3 Å². The second kappa shape index (κ2) is 11.8. The van der Waals surface area contributed by atoms with E-state index in [4.69, 9.17) is 4.74 Å². The van der Waals surface area contributed by atoms with Gasteiger partial charge in [0.25, 0.3) is 5.91 Å². The first-order chi connectivity index (χ1) is 17.1. The lowest BCUT2D eigenvalue weighted by molar-refractivity contribution is -0.113. The molecule has 4 aromatic rings. The highest BCUT2D eigenvalue weighted by Crippen LogP contribution is 2.19. The summed E-state index contributed by atoms with van der Waals surface area (Å²) in [6, 6.07) is 24.1. The quantitative estimate of drug-likeness (QED) is 0.329. The number of benzene rings is 3. The highest BCUT2D eigenvalue weighted by Gasteiger charge is 2.15. The Hall–Kier alpha value is -4.18. The minimum atomic E-state index is -0.266. The highest BCUT2D eigenvalue weighted by atomic mass is 32.2. The summed E-state index contributed by atoms with van der Waals surface area (Å²) in [6.45, 7) is 0.861. The van der Waals surface area contributed by atoms with Crippen molar-refractivity contribution in [3.63, 3.8) is 0 Å². The number of ether oxygens (including phenoxy) is 1. The number of tetrazole rings is 1. The van der Waals surface area contributed by atoms with Gasteiger partial charge in [-0.2, -0.15) is 0 Å². The van der Waals surface area contributed by atoms with E-state index in [0.29, 0.717) is 29.5 Å². The van der Waals surface area contributed by atoms with Crippen molar-refractivity contribution in [2.24, 2.45) is 0 Å². The van der Waals surface area contributed by atoms with E-state index in [1.54, 1.807) is 36.1 Å². The molecule has 0 saturated heterocycles. The predicted molar refractivity (Wildman–Crippen MR) is 133 cm³/mol. The fourth-order valence-corrected chi connectivity index (χ4v) is 3.96. The number of nitrogens with zero attached hydrogens (tertiary/aromatic N) is 4. The summed E-state index contributed by atoms with van der Waals surface area (Å²) in [5.74, 6) is 0.326. The van der Waals surface area contributed by atoms with E-state index >= 15 is 0 Å². The van der Waals surface area contributed by atoms with Crippen LogP contribution in [0.1, 0.15) is 21.5 Å². The molecule has 178 valence electrons. The van der Waals surface area contributed by atoms with Crippen molar-refractivity contribution in [3.05, 3.63) is 95.6 Å². The van der Waals surface area contributed by atoms with Gasteiger partial charge in [-0.25, -0.2) is 4.68 Å². The molecule has 0 saturated carbocycles. The van der Waals surface area contributed by atoms with Crippen LogP contribution in [0.5, 0.6) is 5.75 Å². The molecule has 0 aliphatic rings. The molecule has 0 radical (unpaired) electrons. The van der Waals surface area contributed by atoms with Gasteiger partial charge in [0.2, 0.25) is 11.1 Å². The first kappa shape index (κ1) is 24.0. The number of thioether (sulfide) groups is 1. The van der Waals surface area contributed by atoms with Crippen molar-refractivity contribution in [1.82, 2.24) is 25.5 Å². The maximum absolute atomic E-state index is 12.7. The number of carbonyl (C=O) groups excluding carboxylic acids is 2. The lowest BCUT2D eigenvalue weighted by Gasteiger charge is -2.11. The number of rotatable bonds is 10.